The normalized spacial score (nSPS) is 10.2. The summed E-state index contributed by atoms with van der Waals surface area (Å²) in [5, 5.41) is 10.1. The van der Waals surface area contributed by atoms with Crippen LogP contribution in [0, 0.1) is 11.3 Å². The monoisotopic (exact) mass is 321 g/mol. The van der Waals surface area contributed by atoms with Gasteiger partial charge in [-0.25, -0.2) is 4.98 Å². The molecule has 0 saturated heterocycles. The number of thioether (sulfide) groups is 1. The Morgan fingerprint density at radius 1 is 1.52 bits per heavy atom. The molecule has 2 rings (SSSR count). The highest BCUT2D eigenvalue weighted by atomic mass is 35.5. The molecular weight excluding hydrogens is 310 g/mol. The number of nitrogens with zero attached hydrogens (tertiary/aromatic N) is 2. The third-order valence-electron chi connectivity index (χ3n) is 2.70. The quantitative estimate of drug-likeness (QED) is 0.691. The number of H-pyrrole nitrogens is 1. The van der Waals surface area contributed by atoms with E-state index in [0.717, 1.165) is 0 Å². The first-order valence-corrected chi connectivity index (χ1v) is 7.72. The average molecular weight is 322 g/mol. The number of hydrogen-bond donors (Lipinski definition) is 1. The Hall–Kier alpha value is -1.97. The molecule has 1 aromatic heterocycles. The fourth-order valence-corrected chi connectivity index (χ4v) is 2.37. The summed E-state index contributed by atoms with van der Waals surface area (Å²) in [5.41, 5.74) is 0.268. The second-order valence-electron chi connectivity index (χ2n) is 3.98. The molecule has 5 nitrogen and oxygen atoms in total. The van der Waals surface area contributed by atoms with Crippen LogP contribution in [0.1, 0.15) is 12.5 Å². The highest BCUT2D eigenvalue weighted by Gasteiger charge is 2.17. The lowest BCUT2D eigenvalue weighted by atomic mass is 10.1. The first-order valence-electron chi connectivity index (χ1n) is 6.11. The third-order valence-corrected chi connectivity index (χ3v) is 3.51. The van der Waals surface area contributed by atoms with Crippen LogP contribution in [0.4, 0.5) is 0 Å². The van der Waals surface area contributed by atoms with Gasteiger partial charge in [0.25, 0.3) is 5.56 Å². The molecule has 7 heteroatoms. The van der Waals surface area contributed by atoms with Crippen molar-refractivity contribution in [3.8, 4) is 23.1 Å². The van der Waals surface area contributed by atoms with E-state index in [4.69, 9.17) is 16.3 Å². The van der Waals surface area contributed by atoms with Gasteiger partial charge in [-0.15, -0.1) is 0 Å². The SMILES string of the molecule is CCOc1ccc(Cl)cc1-c1nc(SC)[nH]c(=O)c1C#N. The Labute approximate surface area is 130 Å². The molecule has 1 N–H and O–H groups in total. The minimum Gasteiger partial charge on any atom is -0.493 e. The molecule has 0 saturated carbocycles. The van der Waals surface area contributed by atoms with Crippen molar-refractivity contribution < 1.29 is 4.74 Å². The van der Waals surface area contributed by atoms with Gasteiger partial charge in [-0.3, -0.25) is 4.79 Å². The summed E-state index contributed by atoms with van der Waals surface area (Å²) in [6.45, 7) is 2.30. The van der Waals surface area contributed by atoms with E-state index in [-0.39, 0.29) is 11.3 Å². The highest BCUT2D eigenvalue weighted by molar-refractivity contribution is 7.98. The van der Waals surface area contributed by atoms with Gasteiger partial charge in [-0.05, 0) is 31.4 Å². The highest BCUT2D eigenvalue weighted by Crippen LogP contribution is 2.33. The topological polar surface area (TPSA) is 78.8 Å². The van der Waals surface area contributed by atoms with Gasteiger partial charge in [0.1, 0.15) is 23.1 Å². The molecule has 0 amide bonds. The van der Waals surface area contributed by atoms with Gasteiger partial charge in [0.05, 0.1) is 6.61 Å². The van der Waals surface area contributed by atoms with Gasteiger partial charge in [-0.1, -0.05) is 23.4 Å². The van der Waals surface area contributed by atoms with E-state index >= 15 is 0 Å². The zero-order chi connectivity index (χ0) is 15.4. The molecule has 0 bridgehead atoms. The second kappa shape index (κ2) is 6.66. The van der Waals surface area contributed by atoms with Crippen molar-refractivity contribution in [2.75, 3.05) is 12.9 Å². The zero-order valence-corrected chi connectivity index (χ0v) is 13.0. The Morgan fingerprint density at radius 3 is 2.90 bits per heavy atom. The fourth-order valence-electron chi connectivity index (χ4n) is 1.82. The predicted molar refractivity (Wildman–Crippen MR) is 83.0 cm³/mol. The smallest absolute Gasteiger partial charge is 0.270 e. The molecule has 0 aliphatic heterocycles. The van der Waals surface area contributed by atoms with Gasteiger partial charge < -0.3 is 9.72 Å². The summed E-state index contributed by atoms with van der Waals surface area (Å²) >= 11 is 7.30. The standard InChI is InChI=1S/C14H12ClN3O2S/c1-3-20-11-5-4-8(15)6-9(11)12-10(7-16)13(19)18-14(17-12)21-2/h4-6H,3H2,1-2H3,(H,17,18,19). The van der Waals surface area contributed by atoms with Crippen molar-refractivity contribution in [3.05, 3.63) is 39.1 Å². The summed E-state index contributed by atoms with van der Waals surface area (Å²) < 4.78 is 5.53. The Balaban J connectivity index is 2.77. The van der Waals surface area contributed by atoms with Gasteiger partial charge in [0.15, 0.2) is 5.16 Å². The lowest BCUT2D eigenvalue weighted by Crippen LogP contribution is -2.15. The molecule has 1 aromatic carbocycles. The molecule has 1 heterocycles. The van der Waals surface area contributed by atoms with E-state index in [2.05, 4.69) is 9.97 Å². The number of ether oxygens (including phenoxy) is 1. The van der Waals surface area contributed by atoms with Crippen LogP contribution >= 0.6 is 23.4 Å². The van der Waals surface area contributed by atoms with E-state index in [1.165, 1.54) is 11.8 Å². The van der Waals surface area contributed by atoms with Gasteiger partial charge in [0, 0.05) is 10.6 Å². The number of aromatic amines is 1. The number of rotatable bonds is 4. The number of aromatic nitrogens is 2. The summed E-state index contributed by atoms with van der Waals surface area (Å²) in [6.07, 6.45) is 1.79. The maximum Gasteiger partial charge on any atom is 0.270 e. The minimum atomic E-state index is -0.478. The number of nitriles is 1. The minimum absolute atomic E-state index is 0.0592. The number of halogens is 1. The summed E-state index contributed by atoms with van der Waals surface area (Å²) in [7, 11) is 0. The molecule has 0 spiro atoms. The summed E-state index contributed by atoms with van der Waals surface area (Å²) in [4.78, 5) is 18.8. The van der Waals surface area contributed by atoms with Crippen molar-refractivity contribution in [1.29, 1.82) is 5.26 Å². The maximum atomic E-state index is 12.0. The van der Waals surface area contributed by atoms with E-state index in [0.29, 0.717) is 28.1 Å². The molecule has 0 unspecified atom stereocenters. The molecule has 0 aliphatic rings. The van der Waals surface area contributed by atoms with Crippen molar-refractivity contribution in [3.63, 3.8) is 0 Å². The molecule has 2 aromatic rings. The lowest BCUT2D eigenvalue weighted by Gasteiger charge is -2.11. The lowest BCUT2D eigenvalue weighted by molar-refractivity contribution is 0.341. The van der Waals surface area contributed by atoms with Crippen molar-refractivity contribution in [2.24, 2.45) is 0 Å². The van der Waals surface area contributed by atoms with Crippen LogP contribution in [0.25, 0.3) is 11.3 Å². The molecule has 108 valence electrons. The van der Waals surface area contributed by atoms with E-state index < -0.39 is 5.56 Å². The zero-order valence-electron chi connectivity index (χ0n) is 11.4. The van der Waals surface area contributed by atoms with Gasteiger partial charge >= 0.3 is 0 Å². The van der Waals surface area contributed by atoms with Crippen LogP contribution in [-0.4, -0.2) is 22.8 Å². The molecule has 0 radical (unpaired) electrons. The molecule has 0 fully saturated rings. The summed E-state index contributed by atoms with van der Waals surface area (Å²) in [6, 6.07) is 6.91. The largest absolute Gasteiger partial charge is 0.493 e. The molecule has 21 heavy (non-hydrogen) atoms. The molecule has 0 aliphatic carbocycles. The Morgan fingerprint density at radius 2 is 2.29 bits per heavy atom. The molecule has 0 atom stereocenters. The summed E-state index contributed by atoms with van der Waals surface area (Å²) in [5.74, 6) is 0.531. The average Bonchev–Trinajstić information content (AvgIpc) is 2.48. The number of nitrogens with one attached hydrogen (secondary N) is 1. The first-order chi connectivity index (χ1) is 10.1. The maximum absolute atomic E-state index is 12.0. The van der Waals surface area contributed by atoms with Crippen molar-refractivity contribution in [1.82, 2.24) is 9.97 Å². The Bertz CT molecular complexity index is 768. The van der Waals surface area contributed by atoms with Crippen LogP contribution in [-0.2, 0) is 0 Å². The van der Waals surface area contributed by atoms with Crippen molar-refractivity contribution in [2.45, 2.75) is 12.1 Å². The van der Waals surface area contributed by atoms with E-state index in [9.17, 15) is 10.1 Å². The second-order valence-corrected chi connectivity index (χ2v) is 5.22. The number of hydrogen-bond acceptors (Lipinski definition) is 5. The van der Waals surface area contributed by atoms with Gasteiger partial charge in [0.2, 0.25) is 0 Å². The fraction of sp³-hybridized carbons (Fsp3) is 0.214. The predicted octanol–water partition coefficient (Wildman–Crippen LogP) is 3.08. The van der Waals surface area contributed by atoms with Crippen LogP contribution in [0.3, 0.4) is 0 Å². The number of benzene rings is 1. The first kappa shape index (κ1) is 15.4. The van der Waals surface area contributed by atoms with Crippen LogP contribution in [0.15, 0.2) is 28.2 Å². The Kier molecular flexibility index (Phi) is 4.89. The van der Waals surface area contributed by atoms with E-state index in [1.54, 1.807) is 24.5 Å². The molecular formula is C14H12ClN3O2S. The van der Waals surface area contributed by atoms with Crippen LogP contribution in [0.2, 0.25) is 5.02 Å². The van der Waals surface area contributed by atoms with E-state index in [1.807, 2.05) is 13.0 Å². The van der Waals surface area contributed by atoms with Crippen LogP contribution < -0.4 is 10.3 Å². The van der Waals surface area contributed by atoms with Crippen LogP contribution in [0.5, 0.6) is 5.75 Å². The third kappa shape index (κ3) is 3.20. The van der Waals surface area contributed by atoms with Gasteiger partial charge in [-0.2, -0.15) is 5.26 Å². The van der Waals surface area contributed by atoms with Crippen molar-refractivity contribution >= 4 is 23.4 Å².